The molecule has 1 heterocycles. The van der Waals surface area contributed by atoms with Gasteiger partial charge in [-0.25, -0.2) is 5.43 Å². The highest BCUT2D eigenvalue weighted by molar-refractivity contribution is 6.02. The molecule has 2 amide bonds. The van der Waals surface area contributed by atoms with Gasteiger partial charge in [0.05, 0.1) is 25.3 Å². The molecule has 0 aliphatic heterocycles. The van der Waals surface area contributed by atoms with Gasteiger partial charge in [-0.2, -0.15) is 5.10 Å². The smallest absolute Gasteiger partial charge is 0.325 e. The molecule has 38 heavy (non-hydrogen) atoms. The molecule has 3 aromatic carbocycles. The van der Waals surface area contributed by atoms with E-state index in [1.54, 1.807) is 37.4 Å². The van der Waals surface area contributed by atoms with Crippen molar-refractivity contribution < 1.29 is 19.1 Å². The summed E-state index contributed by atoms with van der Waals surface area (Å²) in [5.74, 6) is -0.935. The van der Waals surface area contributed by atoms with Crippen LogP contribution < -0.4 is 10.7 Å². The molecule has 1 aromatic heterocycles. The molecule has 8 nitrogen and oxygen atoms in total. The molecule has 0 radical (unpaired) electrons. The molecule has 0 bridgehead atoms. The van der Waals surface area contributed by atoms with Crippen LogP contribution in [0.3, 0.4) is 0 Å². The predicted octanol–water partition coefficient (Wildman–Crippen LogP) is 4.52. The molecule has 0 spiro atoms. The summed E-state index contributed by atoms with van der Waals surface area (Å²) in [6.07, 6.45) is 1.58. The number of benzene rings is 3. The Balaban J connectivity index is 1.49. The van der Waals surface area contributed by atoms with Crippen LogP contribution in [0.15, 0.2) is 90.0 Å². The van der Waals surface area contributed by atoms with E-state index < -0.39 is 6.04 Å². The van der Waals surface area contributed by atoms with E-state index in [0.717, 1.165) is 27.7 Å². The summed E-state index contributed by atoms with van der Waals surface area (Å²) in [6.45, 7) is 4.06. The fourth-order valence-corrected chi connectivity index (χ4v) is 4.33. The van der Waals surface area contributed by atoms with Gasteiger partial charge in [0.2, 0.25) is 5.91 Å². The van der Waals surface area contributed by atoms with Crippen LogP contribution in [-0.4, -0.2) is 35.2 Å². The third-order valence-electron chi connectivity index (χ3n) is 6.19. The number of fused-ring (bicyclic) bond motifs is 1. The lowest BCUT2D eigenvalue weighted by atomic mass is 10.0. The van der Waals surface area contributed by atoms with Crippen molar-refractivity contribution in [1.82, 2.24) is 15.3 Å². The van der Waals surface area contributed by atoms with E-state index >= 15 is 0 Å². The molecule has 1 atom stereocenters. The molecular formula is C30H30N4O4. The summed E-state index contributed by atoms with van der Waals surface area (Å²) < 4.78 is 7.00. The summed E-state index contributed by atoms with van der Waals surface area (Å²) in [7, 11) is 0. The number of amides is 2. The van der Waals surface area contributed by atoms with Crippen molar-refractivity contribution in [3.05, 3.63) is 107 Å². The van der Waals surface area contributed by atoms with Gasteiger partial charge < -0.3 is 14.6 Å². The third kappa shape index (κ3) is 6.34. The maximum atomic E-state index is 12.9. The predicted molar refractivity (Wildman–Crippen MR) is 147 cm³/mol. The Labute approximate surface area is 221 Å². The maximum Gasteiger partial charge on any atom is 0.325 e. The van der Waals surface area contributed by atoms with Crippen molar-refractivity contribution in [3.8, 4) is 0 Å². The van der Waals surface area contributed by atoms with E-state index in [2.05, 4.69) is 15.8 Å². The summed E-state index contributed by atoms with van der Waals surface area (Å²) in [4.78, 5) is 37.8. The Bertz CT molecular complexity index is 1450. The molecule has 8 heteroatoms. The third-order valence-corrected chi connectivity index (χ3v) is 6.19. The largest absolute Gasteiger partial charge is 0.465 e. The second-order valence-electron chi connectivity index (χ2n) is 8.71. The molecule has 0 saturated heterocycles. The van der Waals surface area contributed by atoms with Crippen LogP contribution in [-0.2, 0) is 20.9 Å². The molecule has 0 fully saturated rings. The lowest BCUT2D eigenvalue weighted by Crippen LogP contribution is -2.32. The lowest BCUT2D eigenvalue weighted by Gasteiger charge is -2.18. The van der Waals surface area contributed by atoms with E-state index in [-0.39, 0.29) is 30.7 Å². The number of aromatic nitrogens is 1. The van der Waals surface area contributed by atoms with Gasteiger partial charge in [-0.1, -0.05) is 66.7 Å². The van der Waals surface area contributed by atoms with Crippen molar-refractivity contribution in [1.29, 1.82) is 0 Å². The number of para-hydroxylation sites is 1. The number of nitrogens with one attached hydrogen (secondary N) is 2. The van der Waals surface area contributed by atoms with Crippen LogP contribution in [0.5, 0.6) is 0 Å². The van der Waals surface area contributed by atoms with E-state index in [4.69, 9.17) is 4.74 Å². The average molecular weight is 511 g/mol. The summed E-state index contributed by atoms with van der Waals surface area (Å²) in [5, 5.41) is 8.06. The highest BCUT2D eigenvalue weighted by Gasteiger charge is 2.19. The SMILES string of the molecule is CCOC(=O)Cn1c(C)c(/C=N\NC(=O)C[C@H](NC(=O)c2ccccc2)c2ccccc2)c2ccccc21. The normalized spacial score (nSPS) is 11.8. The first-order valence-electron chi connectivity index (χ1n) is 12.4. The van der Waals surface area contributed by atoms with Crippen LogP contribution in [0.2, 0.25) is 0 Å². The first kappa shape index (κ1) is 26.3. The number of hydrazone groups is 1. The Morgan fingerprint density at radius 1 is 0.947 bits per heavy atom. The fraction of sp³-hybridized carbons (Fsp3) is 0.200. The highest BCUT2D eigenvalue weighted by atomic mass is 16.5. The number of ether oxygens (including phenoxy) is 1. The number of rotatable bonds is 10. The number of carbonyl (C=O) groups excluding carboxylic acids is 3. The van der Waals surface area contributed by atoms with Crippen LogP contribution >= 0.6 is 0 Å². The topological polar surface area (TPSA) is 102 Å². The first-order chi connectivity index (χ1) is 18.5. The monoisotopic (exact) mass is 510 g/mol. The lowest BCUT2D eigenvalue weighted by molar-refractivity contribution is -0.143. The van der Waals surface area contributed by atoms with Crippen molar-refractivity contribution >= 4 is 34.9 Å². The van der Waals surface area contributed by atoms with Gasteiger partial charge in [-0.15, -0.1) is 0 Å². The number of hydrogen-bond acceptors (Lipinski definition) is 5. The van der Waals surface area contributed by atoms with Gasteiger partial charge >= 0.3 is 5.97 Å². The van der Waals surface area contributed by atoms with Crippen molar-refractivity contribution in [3.63, 3.8) is 0 Å². The minimum atomic E-state index is -0.535. The van der Waals surface area contributed by atoms with Crippen LogP contribution in [0.25, 0.3) is 10.9 Å². The summed E-state index contributed by atoms with van der Waals surface area (Å²) in [6, 6.07) is 25.4. The molecule has 4 rings (SSSR count). The second-order valence-corrected chi connectivity index (χ2v) is 8.71. The van der Waals surface area contributed by atoms with E-state index in [0.29, 0.717) is 12.2 Å². The van der Waals surface area contributed by atoms with Crippen molar-refractivity contribution in [2.45, 2.75) is 32.9 Å². The maximum absolute atomic E-state index is 12.9. The minimum Gasteiger partial charge on any atom is -0.465 e. The van der Waals surface area contributed by atoms with Gasteiger partial charge in [-0.3, -0.25) is 14.4 Å². The van der Waals surface area contributed by atoms with Gasteiger partial charge in [0.15, 0.2) is 0 Å². The Kier molecular flexibility index (Phi) is 8.66. The zero-order chi connectivity index (χ0) is 26.9. The zero-order valence-corrected chi connectivity index (χ0v) is 21.4. The summed E-state index contributed by atoms with van der Waals surface area (Å²) in [5.41, 5.74) is 6.41. The molecular weight excluding hydrogens is 480 g/mol. The van der Waals surface area contributed by atoms with Gasteiger partial charge in [-0.05, 0) is 37.6 Å². The molecule has 0 unspecified atom stereocenters. The number of hydrogen-bond donors (Lipinski definition) is 2. The van der Waals surface area contributed by atoms with Crippen LogP contribution in [0, 0.1) is 6.92 Å². The van der Waals surface area contributed by atoms with Crippen LogP contribution in [0.4, 0.5) is 0 Å². The van der Waals surface area contributed by atoms with Gasteiger partial charge in [0.25, 0.3) is 5.91 Å². The molecule has 0 aliphatic rings. The average Bonchev–Trinajstić information content (AvgIpc) is 3.20. The highest BCUT2D eigenvalue weighted by Crippen LogP contribution is 2.24. The van der Waals surface area contributed by atoms with E-state index in [1.165, 1.54) is 0 Å². The minimum absolute atomic E-state index is 0.00350. The van der Waals surface area contributed by atoms with Crippen molar-refractivity contribution in [2.75, 3.05) is 6.61 Å². The molecule has 2 N–H and O–H groups in total. The van der Waals surface area contributed by atoms with Gasteiger partial charge in [0.1, 0.15) is 6.54 Å². The summed E-state index contributed by atoms with van der Waals surface area (Å²) >= 11 is 0. The number of nitrogens with zero attached hydrogens (tertiary/aromatic N) is 2. The number of esters is 1. The number of carbonyl (C=O) groups is 3. The zero-order valence-electron chi connectivity index (χ0n) is 21.4. The molecule has 0 saturated carbocycles. The molecule has 0 aliphatic carbocycles. The molecule has 194 valence electrons. The first-order valence-corrected chi connectivity index (χ1v) is 12.4. The van der Waals surface area contributed by atoms with E-state index in [1.807, 2.05) is 72.2 Å². The Morgan fingerprint density at radius 3 is 2.32 bits per heavy atom. The second kappa shape index (κ2) is 12.5. The van der Waals surface area contributed by atoms with Gasteiger partial charge in [0, 0.05) is 27.7 Å². The molecule has 4 aromatic rings. The Morgan fingerprint density at radius 2 is 1.61 bits per heavy atom. The standard InChI is InChI=1S/C30H30N4O4/c1-3-38-29(36)20-34-21(2)25(24-16-10-11-17-27(24)34)19-31-33-28(35)18-26(22-12-6-4-7-13-22)32-30(37)23-14-8-5-9-15-23/h4-17,19,26H,3,18,20H2,1-2H3,(H,32,37)(H,33,35)/b31-19-/t26-/m0/s1. The quantitative estimate of drug-likeness (QED) is 0.186. The fourth-order valence-electron chi connectivity index (χ4n) is 4.33. The van der Waals surface area contributed by atoms with Crippen LogP contribution in [0.1, 0.15) is 46.6 Å². The van der Waals surface area contributed by atoms with E-state index in [9.17, 15) is 14.4 Å². The Hall–Kier alpha value is -4.72. The van der Waals surface area contributed by atoms with Crippen molar-refractivity contribution in [2.24, 2.45) is 5.10 Å².